The molecule has 1 aliphatic carbocycles. The predicted octanol–water partition coefficient (Wildman–Crippen LogP) is 2.27. The molecule has 6 nitrogen and oxygen atoms in total. The van der Waals surface area contributed by atoms with Gasteiger partial charge < -0.3 is 5.11 Å². The number of fused-ring (bicyclic) bond motifs is 1. The fraction of sp³-hybridized carbons (Fsp3) is 0.267. The van der Waals surface area contributed by atoms with Crippen molar-refractivity contribution in [3.05, 3.63) is 47.3 Å². The molecule has 1 aromatic carbocycles. The number of nitrogens with zero attached hydrogens (tertiary/aromatic N) is 3. The van der Waals surface area contributed by atoms with Crippen molar-refractivity contribution in [3.8, 4) is 0 Å². The highest BCUT2D eigenvalue weighted by atomic mass is 16.4. The molecule has 0 spiro atoms. The SMILES string of the molecule is Cn1ncc2c1CCC/C2=N\Nc1ccc(C(=O)O)cc1. The van der Waals surface area contributed by atoms with Crippen LogP contribution in [0.25, 0.3) is 0 Å². The molecule has 2 N–H and O–H groups in total. The first-order chi connectivity index (χ1) is 10.1. The van der Waals surface area contributed by atoms with Crippen LogP contribution in [0.5, 0.6) is 0 Å². The zero-order valence-electron chi connectivity index (χ0n) is 11.7. The topological polar surface area (TPSA) is 79.5 Å². The first kappa shape index (κ1) is 13.4. The molecule has 1 aliphatic rings. The number of aryl methyl sites for hydroxylation is 1. The Balaban J connectivity index is 1.79. The molecule has 1 heterocycles. The summed E-state index contributed by atoms with van der Waals surface area (Å²) in [6, 6.07) is 6.53. The molecule has 1 aromatic heterocycles. The van der Waals surface area contributed by atoms with Crippen molar-refractivity contribution in [2.75, 3.05) is 5.43 Å². The van der Waals surface area contributed by atoms with E-state index >= 15 is 0 Å². The zero-order valence-corrected chi connectivity index (χ0v) is 11.7. The van der Waals surface area contributed by atoms with Crippen LogP contribution in [0.3, 0.4) is 0 Å². The number of hydrazone groups is 1. The second-order valence-corrected chi connectivity index (χ2v) is 5.03. The number of aromatic carboxylic acids is 1. The van der Waals surface area contributed by atoms with E-state index in [0.29, 0.717) is 0 Å². The van der Waals surface area contributed by atoms with Crippen molar-refractivity contribution < 1.29 is 9.90 Å². The van der Waals surface area contributed by atoms with Crippen LogP contribution in [0.1, 0.15) is 34.5 Å². The largest absolute Gasteiger partial charge is 0.478 e. The second kappa shape index (κ2) is 5.40. The summed E-state index contributed by atoms with van der Waals surface area (Å²) in [6.45, 7) is 0. The van der Waals surface area contributed by atoms with Gasteiger partial charge in [-0.25, -0.2) is 4.79 Å². The summed E-state index contributed by atoms with van der Waals surface area (Å²) < 4.78 is 1.89. The molecular formula is C15H16N4O2. The molecule has 0 radical (unpaired) electrons. The summed E-state index contributed by atoms with van der Waals surface area (Å²) in [6.07, 6.45) is 4.85. The van der Waals surface area contributed by atoms with E-state index in [0.717, 1.165) is 36.2 Å². The summed E-state index contributed by atoms with van der Waals surface area (Å²) in [5.74, 6) is -0.930. The third kappa shape index (κ3) is 2.65. The Morgan fingerprint density at radius 1 is 1.33 bits per heavy atom. The Morgan fingerprint density at radius 3 is 2.81 bits per heavy atom. The Bertz CT molecular complexity index is 701. The minimum Gasteiger partial charge on any atom is -0.478 e. The van der Waals surface area contributed by atoms with Gasteiger partial charge in [-0.2, -0.15) is 10.2 Å². The van der Waals surface area contributed by atoms with Crippen molar-refractivity contribution in [2.45, 2.75) is 19.3 Å². The summed E-state index contributed by atoms with van der Waals surface area (Å²) in [7, 11) is 1.94. The van der Waals surface area contributed by atoms with E-state index in [4.69, 9.17) is 5.11 Å². The number of carbonyl (C=O) groups is 1. The van der Waals surface area contributed by atoms with Gasteiger partial charge >= 0.3 is 5.97 Å². The van der Waals surface area contributed by atoms with Gasteiger partial charge in [0.1, 0.15) is 0 Å². The van der Waals surface area contributed by atoms with Gasteiger partial charge in [0, 0.05) is 18.3 Å². The van der Waals surface area contributed by atoms with Crippen molar-refractivity contribution in [1.29, 1.82) is 0 Å². The molecule has 0 unspecified atom stereocenters. The lowest BCUT2D eigenvalue weighted by atomic mass is 9.96. The number of benzene rings is 1. The Hall–Kier alpha value is -2.63. The third-order valence-corrected chi connectivity index (χ3v) is 3.65. The monoisotopic (exact) mass is 284 g/mol. The van der Waals surface area contributed by atoms with Crippen molar-refractivity contribution >= 4 is 17.4 Å². The van der Waals surface area contributed by atoms with Gasteiger partial charge in [-0.3, -0.25) is 10.1 Å². The molecule has 0 amide bonds. The normalized spacial score (nSPS) is 15.8. The van der Waals surface area contributed by atoms with E-state index in [-0.39, 0.29) is 5.56 Å². The number of nitrogens with one attached hydrogen (secondary N) is 1. The molecule has 0 aliphatic heterocycles. The fourth-order valence-corrected chi connectivity index (χ4v) is 2.49. The smallest absolute Gasteiger partial charge is 0.335 e. The summed E-state index contributed by atoms with van der Waals surface area (Å²) in [5, 5.41) is 17.6. The highest BCUT2D eigenvalue weighted by Crippen LogP contribution is 2.21. The maximum atomic E-state index is 10.8. The van der Waals surface area contributed by atoms with Gasteiger partial charge in [0.2, 0.25) is 0 Å². The Morgan fingerprint density at radius 2 is 2.10 bits per heavy atom. The average molecular weight is 284 g/mol. The zero-order chi connectivity index (χ0) is 14.8. The molecule has 0 fully saturated rings. The molecule has 108 valence electrons. The van der Waals surface area contributed by atoms with E-state index in [9.17, 15) is 4.79 Å². The van der Waals surface area contributed by atoms with E-state index in [1.54, 1.807) is 24.3 Å². The standard InChI is InChI=1S/C15H16N4O2/c1-19-14-4-2-3-13(12(14)9-16-19)18-17-11-7-5-10(6-8-11)15(20)21/h5-9,17H,2-4H2,1H3,(H,20,21)/b18-13+. The number of rotatable bonds is 3. The molecule has 0 bridgehead atoms. The van der Waals surface area contributed by atoms with Crippen LogP contribution in [-0.4, -0.2) is 26.6 Å². The quantitative estimate of drug-likeness (QED) is 0.847. The van der Waals surface area contributed by atoms with Gasteiger partial charge in [0.15, 0.2) is 0 Å². The van der Waals surface area contributed by atoms with Gasteiger partial charge in [0.25, 0.3) is 0 Å². The van der Waals surface area contributed by atoms with Crippen molar-refractivity contribution in [3.63, 3.8) is 0 Å². The number of hydrogen-bond acceptors (Lipinski definition) is 4. The molecule has 2 aromatic rings. The number of hydrogen-bond donors (Lipinski definition) is 2. The molecule has 6 heteroatoms. The molecule has 0 saturated heterocycles. The third-order valence-electron chi connectivity index (χ3n) is 3.65. The highest BCUT2D eigenvalue weighted by molar-refractivity contribution is 6.02. The van der Waals surface area contributed by atoms with Crippen LogP contribution in [-0.2, 0) is 13.5 Å². The number of carboxylic acids is 1. The Kier molecular flexibility index (Phi) is 3.43. The number of aromatic nitrogens is 2. The Labute approximate surface area is 122 Å². The van der Waals surface area contributed by atoms with Gasteiger partial charge in [0.05, 0.1) is 23.2 Å². The van der Waals surface area contributed by atoms with Crippen molar-refractivity contribution in [1.82, 2.24) is 9.78 Å². The molecule has 0 atom stereocenters. The van der Waals surface area contributed by atoms with E-state index in [1.807, 2.05) is 17.9 Å². The van der Waals surface area contributed by atoms with E-state index < -0.39 is 5.97 Å². The lowest BCUT2D eigenvalue weighted by Crippen LogP contribution is -2.14. The minimum atomic E-state index is -0.930. The summed E-state index contributed by atoms with van der Waals surface area (Å²) >= 11 is 0. The predicted molar refractivity (Wildman–Crippen MR) is 79.7 cm³/mol. The lowest BCUT2D eigenvalue weighted by Gasteiger charge is -2.14. The van der Waals surface area contributed by atoms with Crippen molar-refractivity contribution in [2.24, 2.45) is 12.1 Å². The maximum absolute atomic E-state index is 10.8. The van der Waals surface area contributed by atoms with E-state index in [1.165, 1.54) is 5.69 Å². The lowest BCUT2D eigenvalue weighted by molar-refractivity contribution is 0.0697. The summed E-state index contributed by atoms with van der Waals surface area (Å²) in [5.41, 5.74) is 7.32. The van der Waals surface area contributed by atoms with Crippen LogP contribution >= 0.6 is 0 Å². The highest BCUT2D eigenvalue weighted by Gasteiger charge is 2.19. The average Bonchev–Trinajstić information content (AvgIpc) is 2.88. The second-order valence-electron chi connectivity index (χ2n) is 5.03. The van der Waals surface area contributed by atoms with Crippen LogP contribution < -0.4 is 5.43 Å². The molecule has 21 heavy (non-hydrogen) atoms. The first-order valence-corrected chi connectivity index (χ1v) is 6.82. The number of anilines is 1. The van der Waals surface area contributed by atoms with Crippen LogP contribution in [0.15, 0.2) is 35.6 Å². The van der Waals surface area contributed by atoms with Gasteiger partial charge in [-0.05, 0) is 43.5 Å². The minimum absolute atomic E-state index is 0.264. The maximum Gasteiger partial charge on any atom is 0.335 e. The number of carboxylic acid groups (broad SMARTS) is 1. The molecule has 3 rings (SSSR count). The van der Waals surface area contributed by atoms with Crippen LogP contribution in [0, 0.1) is 0 Å². The fourth-order valence-electron chi connectivity index (χ4n) is 2.49. The summed E-state index contributed by atoms with van der Waals surface area (Å²) in [4.78, 5) is 10.8. The molecule has 0 saturated carbocycles. The van der Waals surface area contributed by atoms with Crippen LogP contribution in [0.4, 0.5) is 5.69 Å². The van der Waals surface area contributed by atoms with Gasteiger partial charge in [-0.15, -0.1) is 0 Å². The van der Waals surface area contributed by atoms with Crippen LogP contribution in [0.2, 0.25) is 0 Å². The molecular weight excluding hydrogens is 268 g/mol. The first-order valence-electron chi connectivity index (χ1n) is 6.82. The van der Waals surface area contributed by atoms with E-state index in [2.05, 4.69) is 15.6 Å². The van der Waals surface area contributed by atoms with Gasteiger partial charge in [-0.1, -0.05) is 0 Å².